The van der Waals surface area contributed by atoms with Crippen molar-refractivity contribution in [3.05, 3.63) is 17.5 Å². The highest BCUT2D eigenvalue weighted by molar-refractivity contribution is 7.89. The first-order chi connectivity index (χ1) is 13.0. The van der Waals surface area contributed by atoms with Gasteiger partial charge >= 0.3 is 0 Å². The van der Waals surface area contributed by atoms with E-state index in [9.17, 15) is 8.42 Å². The SMILES string of the molecule is CCNC(=NCCCN(C)S(=O)(=O)CC)NC1CCN(c2cccs2)CC1. The Kier molecular flexibility index (Phi) is 8.85. The van der Waals surface area contributed by atoms with Gasteiger partial charge < -0.3 is 15.5 Å². The van der Waals surface area contributed by atoms with Gasteiger partial charge in [-0.3, -0.25) is 4.99 Å². The Morgan fingerprint density at radius 2 is 2.11 bits per heavy atom. The van der Waals surface area contributed by atoms with E-state index in [1.165, 1.54) is 9.31 Å². The number of sulfonamides is 1. The molecule has 1 aliphatic rings. The van der Waals surface area contributed by atoms with Gasteiger partial charge in [-0.25, -0.2) is 12.7 Å². The number of hydrogen-bond donors (Lipinski definition) is 2. The lowest BCUT2D eigenvalue weighted by Crippen LogP contribution is -2.48. The quantitative estimate of drug-likeness (QED) is 0.366. The summed E-state index contributed by atoms with van der Waals surface area (Å²) in [5.74, 6) is 0.967. The molecule has 0 saturated carbocycles. The van der Waals surface area contributed by atoms with E-state index >= 15 is 0 Å². The summed E-state index contributed by atoms with van der Waals surface area (Å²) in [6.45, 7) is 7.74. The number of rotatable bonds is 9. The minimum absolute atomic E-state index is 0.140. The van der Waals surface area contributed by atoms with Crippen molar-refractivity contribution in [1.29, 1.82) is 0 Å². The molecule has 1 aromatic rings. The van der Waals surface area contributed by atoms with Crippen molar-refractivity contribution < 1.29 is 8.42 Å². The van der Waals surface area contributed by atoms with Crippen LogP contribution >= 0.6 is 11.3 Å². The summed E-state index contributed by atoms with van der Waals surface area (Å²) in [4.78, 5) is 7.06. The molecule has 154 valence electrons. The van der Waals surface area contributed by atoms with Gasteiger partial charge in [-0.15, -0.1) is 11.3 Å². The second-order valence-corrected chi connectivity index (χ2v) is 9.98. The summed E-state index contributed by atoms with van der Waals surface area (Å²) in [5.41, 5.74) is 0. The molecule has 0 radical (unpaired) electrons. The number of hydrogen-bond acceptors (Lipinski definition) is 5. The van der Waals surface area contributed by atoms with Crippen LogP contribution in [-0.4, -0.2) is 70.2 Å². The van der Waals surface area contributed by atoms with E-state index in [2.05, 4.69) is 45.0 Å². The minimum atomic E-state index is -3.11. The summed E-state index contributed by atoms with van der Waals surface area (Å²) >= 11 is 1.79. The van der Waals surface area contributed by atoms with Crippen LogP contribution in [0.5, 0.6) is 0 Å². The molecule has 1 saturated heterocycles. The number of anilines is 1. The molecule has 2 heterocycles. The zero-order valence-electron chi connectivity index (χ0n) is 16.6. The van der Waals surface area contributed by atoms with E-state index in [4.69, 9.17) is 0 Å². The number of piperidine rings is 1. The average Bonchev–Trinajstić information content (AvgIpc) is 3.20. The van der Waals surface area contributed by atoms with Gasteiger partial charge in [0.1, 0.15) is 0 Å². The second kappa shape index (κ2) is 10.9. The molecule has 0 bridgehead atoms. The highest BCUT2D eigenvalue weighted by Crippen LogP contribution is 2.24. The van der Waals surface area contributed by atoms with Gasteiger partial charge in [-0.2, -0.15) is 0 Å². The third-order valence-electron chi connectivity index (χ3n) is 4.74. The molecule has 1 fully saturated rings. The topological polar surface area (TPSA) is 77.0 Å². The molecule has 0 aliphatic carbocycles. The van der Waals surface area contributed by atoms with E-state index in [0.717, 1.165) is 38.4 Å². The van der Waals surface area contributed by atoms with Crippen LogP contribution in [-0.2, 0) is 10.0 Å². The molecule has 7 nitrogen and oxygen atoms in total. The molecule has 1 aromatic heterocycles. The van der Waals surface area contributed by atoms with Gasteiger partial charge in [0, 0.05) is 45.8 Å². The van der Waals surface area contributed by atoms with Crippen LogP contribution in [0.25, 0.3) is 0 Å². The molecule has 0 aromatic carbocycles. The Morgan fingerprint density at radius 1 is 1.37 bits per heavy atom. The van der Waals surface area contributed by atoms with Crippen LogP contribution in [0, 0.1) is 0 Å². The van der Waals surface area contributed by atoms with E-state index in [1.54, 1.807) is 25.3 Å². The lowest BCUT2D eigenvalue weighted by atomic mass is 10.1. The van der Waals surface area contributed by atoms with E-state index < -0.39 is 10.0 Å². The average molecular weight is 416 g/mol. The predicted molar refractivity (Wildman–Crippen MR) is 115 cm³/mol. The first-order valence-corrected chi connectivity index (χ1v) is 12.2. The Morgan fingerprint density at radius 3 is 2.70 bits per heavy atom. The second-order valence-electron chi connectivity index (χ2n) is 6.69. The van der Waals surface area contributed by atoms with Crippen molar-refractivity contribution in [2.24, 2.45) is 4.99 Å². The van der Waals surface area contributed by atoms with Crippen molar-refractivity contribution in [2.45, 2.75) is 39.2 Å². The Balaban J connectivity index is 1.77. The Hall–Kier alpha value is -1.32. The normalized spacial score (nSPS) is 16.7. The lowest BCUT2D eigenvalue weighted by Gasteiger charge is -2.33. The van der Waals surface area contributed by atoms with Gasteiger partial charge in [-0.1, -0.05) is 0 Å². The van der Waals surface area contributed by atoms with Crippen molar-refractivity contribution in [3.8, 4) is 0 Å². The molecule has 2 N–H and O–H groups in total. The molecule has 27 heavy (non-hydrogen) atoms. The van der Waals surface area contributed by atoms with Gasteiger partial charge in [0.2, 0.25) is 10.0 Å². The van der Waals surface area contributed by atoms with Crippen LogP contribution < -0.4 is 15.5 Å². The van der Waals surface area contributed by atoms with Crippen LogP contribution in [0.3, 0.4) is 0 Å². The molecule has 2 rings (SSSR count). The fourth-order valence-electron chi connectivity index (χ4n) is 3.05. The Labute approximate surface area is 167 Å². The standard InChI is InChI=1S/C18H33N5O2S2/c1-4-19-18(20-11-7-12-22(3)27(24,25)5-2)21-16-9-13-23(14-10-16)17-8-6-15-26-17/h6,8,15-16H,4-5,7,9-14H2,1-3H3,(H2,19,20,21). The first kappa shape index (κ1) is 22.0. The third kappa shape index (κ3) is 6.97. The number of nitrogens with one attached hydrogen (secondary N) is 2. The van der Waals surface area contributed by atoms with E-state index in [0.29, 0.717) is 25.6 Å². The summed E-state index contributed by atoms with van der Waals surface area (Å²) < 4.78 is 25.0. The van der Waals surface area contributed by atoms with E-state index in [1.807, 2.05) is 0 Å². The van der Waals surface area contributed by atoms with Gasteiger partial charge in [0.15, 0.2) is 5.96 Å². The maximum atomic E-state index is 11.8. The molecule has 0 unspecified atom stereocenters. The molecular formula is C18H33N5O2S2. The number of nitrogens with zero attached hydrogens (tertiary/aromatic N) is 3. The summed E-state index contributed by atoms with van der Waals surface area (Å²) in [7, 11) is -1.47. The monoisotopic (exact) mass is 415 g/mol. The molecule has 0 amide bonds. The predicted octanol–water partition coefficient (Wildman–Crippen LogP) is 1.94. The molecular weight excluding hydrogens is 382 g/mol. The molecule has 9 heteroatoms. The van der Waals surface area contributed by atoms with Crippen LogP contribution in [0.4, 0.5) is 5.00 Å². The van der Waals surface area contributed by atoms with Crippen LogP contribution in [0.1, 0.15) is 33.1 Å². The van der Waals surface area contributed by atoms with E-state index in [-0.39, 0.29) is 5.75 Å². The largest absolute Gasteiger partial charge is 0.363 e. The van der Waals surface area contributed by atoms with Gasteiger partial charge in [-0.05, 0) is 50.6 Å². The van der Waals surface area contributed by atoms with Gasteiger partial charge in [0.25, 0.3) is 0 Å². The highest BCUT2D eigenvalue weighted by atomic mass is 32.2. The zero-order valence-corrected chi connectivity index (χ0v) is 18.3. The number of thiophene rings is 1. The van der Waals surface area contributed by atoms with Crippen molar-refractivity contribution in [2.75, 3.05) is 50.4 Å². The van der Waals surface area contributed by atoms with Gasteiger partial charge in [0.05, 0.1) is 10.8 Å². The summed E-state index contributed by atoms with van der Waals surface area (Å²) in [6.07, 6.45) is 2.88. The third-order valence-corrected chi connectivity index (χ3v) is 7.53. The zero-order chi connectivity index (χ0) is 19.7. The Bertz CT molecular complexity index is 668. The van der Waals surface area contributed by atoms with Crippen molar-refractivity contribution in [3.63, 3.8) is 0 Å². The maximum Gasteiger partial charge on any atom is 0.213 e. The number of guanidine groups is 1. The van der Waals surface area contributed by atoms with Crippen LogP contribution in [0.15, 0.2) is 22.5 Å². The molecule has 1 aliphatic heterocycles. The first-order valence-electron chi connectivity index (χ1n) is 9.73. The fourth-order valence-corrected chi connectivity index (χ4v) is 4.68. The molecule has 0 atom stereocenters. The summed E-state index contributed by atoms with van der Waals surface area (Å²) in [5, 5.41) is 10.3. The van der Waals surface area contributed by atoms with Crippen LogP contribution in [0.2, 0.25) is 0 Å². The lowest BCUT2D eigenvalue weighted by molar-refractivity contribution is 0.459. The smallest absolute Gasteiger partial charge is 0.213 e. The summed E-state index contributed by atoms with van der Waals surface area (Å²) in [6, 6.07) is 4.70. The maximum absolute atomic E-state index is 11.8. The number of aliphatic imine (C=N–C) groups is 1. The molecule has 0 spiro atoms. The highest BCUT2D eigenvalue weighted by Gasteiger charge is 2.20. The van der Waals surface area contributed by atoms with Crippen molar-refractivity contribution >= 4 is 32.3 Å². The fraction of sp³-hybridized carbons (Fsp3) is 0.722. The minimum Gasteiger partial charge on any atom is -0.363 e. The van der Waals surface area contributed by atoms with Crippen molar-refractivity contribution in [1.82, 2.24) is 14.9 Å².